The molecule has 1 aromatic rings. The first-order valence-electron chi connectivity index (χ1n) is 7.50. The lowest BCUT2D eigenvalue weighted by molar-refractivity contribution is -0.129. The standard InChI is InChI=1S/C16H20N2O3/c19-15-11-12-3-1-2-4-14(12)16(20)18(15)9-10-21-13-5-7-17-8-6-13/h1-4,13,17H,5-11H2. The van der Waals surface area contributed by atoms with Crippen molar-refractivity contribution in [3.8, 4) is 0 Å². The highest BCUT2D eigenvalue weighted by Crippen LogP contribution is 2.19. The minimum Gasteiger partial charge on any atom is -0.376 e. The van der Waals surface area contributed by atoms with Gasteiger partial charge in [0.2, 0.25) is 5.91 Å². The summed E-state index contributed by atoms with van der Waals surface area (Å²) in [5.41, 5.74) is 1.46. The third-order valence-corrected chi connectivity index (χ3v) is 4.09. The molecular weight excluding hydrogens is 268 g/mol. The van der Waals surface area contributed by atoms with Crippen LogP contribution in [0.5, 0.6) is 0 Å². The largest absolute Gasteiger partial charge is 0.376 e. The zero-order chi connectivity index (χ0) is 14.7. The second-order valence-electron chi connectivity index (χ2n) is 5.50. The van der Waals surface area contributed by atoms with Gasteiger partial charge in [-0.25, -0.2) is 0 Å². The van der Waals surface area contributed by atoms with Crippen molar-refractivity contribution in [3.63, 3.8) is 0 Å². The fourth-order valence-corrected chi connectivity index (χ4v) is 2.90. The molecule has 0 saturated carbocycles. The molecule has 0 atom stereocenters. The smallest absolute Gasteiger partial charge is 0.260 e. The van der Waals surface area contributed by atoms with Crippen molar-refractivity contribution >= 4 is 11.8 Å². The Bertz CT molecular complexity index is 538. The maximum Gasteiger partial charge on any atom is 0.260 e. The molecule has 2 amide bonds. The van der Waals surface area contributed by atoms with Gasteiger partial charge in [0.15, 0.2) is 0 Å². The van der Waals surface area contributed by atoms with Crippen molar-refractivity contribution in [1.29, 1.82) is 0 Å². The minimum atomic E-state index is -0.198. The van der Waals surface area contributed by atoms with Crippen LogP contribution < -0.4 is 5.32 Å². The van der Waals surface area contributed by atoms with Crippen LogP contribution in [-0.4, -0.2) is 49.1 Å². The number of hydrogen-bond donors (Lipinski definition) is 1. The number of rotatable bonds is 4. The van der Waals surface area contributed by atoms with Crippen LogP contribution in [0.2, 0.25) is 0 Å². The van der Waals surface area contributed by atoms with Crippen LogP contribution in [-0.2, 0) is 16.0 Å². The van der Waals surface area contributed by atoms with E-state index in [4.69, 9.17) is 4.74 Å². The summed E-state index contributed by atoms with van der Waals surface area (Å²) in [6.07, 6.45) is 2.53. The third kappa shape index (κ3) is 3.14. The predicted molar refractivity (Wildman–Crippen MR) is 78.0 cm³/mol. The van der Waals surface area contributed by atoms with Crippen LogP contribution >= 0.6 is 0 Å². The molecule has 21 heavy (non-hydrogen) atoms. The molecule has 1 aromatic carbocycles. The molecule has 5 nitrogen and oxygen atoms in total. The summed E-state index contributed by atoms with van der Waals surface area (Å²) in [6, 6.07) is 7.31. The lowest BCUT2D eigenvalue weighted by Crippen LogP contribution is -2.44. The van der Waals surface area contributed by atoms with Crippen molar-refractivity contribution in [3.05, 3.63) is 35.4 Å². The zero-order valence-electron chi connectivity index (χ0n) is 12.0. The number of nitrogens with one attached hydrogen (secondary N) is 1. The van der Waals surface area contributed by atoms with E-state index in [0.29, 0.717) is 25.1 Å². The molecule has 112 valence electrons. The molecule has 3 rings (SSSR count). The number of benzene rings is 1. The van der Waals surface area contributed by atoms with Gasteiger partial charge in [0.1, 0.15) is 0 Å². The van der Waals surface area contributed by atoms with Crippen LogP contribution in [0.25, 0.3) is 0 Å². The van der Waals surface area contributed by atoms with Gasteiger partial charge in [-0.05, 0) is 37.6 Å². The second kappa shape index (κ2) is 6.37. The normalized spacial score (nSPS) is 19.7. The van der Waals surface area contributed by atoms with Crippen molar-refractivity contribution in [2.45, 2.75) is 25.4 Å². The van der Waals surface area contributed by atoms with E-state index in [1.807, 2.05) is 18.2 Å². The van der Waals surface area contributed by atoms with E-state index in [0.717, 1.165) is 31.5 Å². The summed E-state index contributed by atoms with van der Waals surface area (Å²) in [5, 5.41) is 3.28. The summed E-state index contributed by atoms with van der Waals surface area (Å²) < 4.78 is 5.78. The molecule has 2 aliphatic rings. The average molecular weight is 288 g/mol. The number of amides is 2. The van der Waals surface area contributed by atoms with Gasteiger partial charge in [-0.15, -0.1) is 0 Å². The number of fused-ring (bicyclic) bond motifs is 1. The Morgan fingerprint density at radius 1 is 1.19 bits per heavy atom. The van der Waals surface area contributed by atoms with Crippen LogP contribution in [0, 0.1) is 0 Å². The number of carbonyl (C=O) groups is 2. The molecule has 2 heterocycles. The van der Waals surface area contributed by atoms with E-state index >= 15 is 0 Å². The minimum absolute atomic E-state index is 0.132. The highest BCUT2D eigenvalue weighted by molar-refractivity contribution is 6.09. The monoisotopic (exact) mass is 288 g/mol. The quantitative estimate of drug-likeness (QED) is 0.839. The third-order valence-electron chi connectivity index (χ3n) is 4.09. The Labute approximate surface area is 124 Å². The number of carbonyl (C=O) groups excluding carboxylic acids is 2. The lowest BCUT2D eigenvalue weighted by Gasteiger charge is -2.28. The Morgan fingerprint density at radius 3 is 2.76 bits per heavy atom. The fourth-order valence-electron chi connectivity index (χ4n) is 2.90. The maximum atomic E-state index is 12.3. The van der Waals surface area contributed by atoms with Crippen molar-refractivity contribution in [2.24, 2.45) is 0 Å². The van der Waals surface area contributed by atoms with Gasteiger partial charge in [0.25, 0.3) is 5.91 Å². The highest BCUT2D eigenvalue weighted by Gasteiger charge is 2.30. The summed E-state index contributed by atoms with van der Waals surface area (Å²) >= 11 is 0. The van der Waals surface area contributed by atoms with E-state index in [1.54, 1.807) is 6.07 Å². The predicted octanol–water partition coefficient (Wildman–Crippen LogP) is 0.980. The SMILES string of the molecule is O=C1Cc2ccccc2C(=O)N1CCOC1CCNCC1. The summed E-state index contributed by atoms with van der Waals surface area (Å²) in [7, 11) is 0. The van der Waals surface area contributed by atoms with E-state index in [2.05, 4.69) is 5.32 Å². The maximum absolute atomic E-state index is 12.3. The Morgan fingerprint density at radius 2 is 1.95 bits per heavy atom. The van der Waals surface area contributed by atoms with Gasteiger partial charge in [0, 0.05) is 5.56 Å². The number of piperidine rings is 1. The average Bonchev–Trinajstić information content (AvgIpc) is 2.51. The van der Waals surface area contributed by atoms with E-state index in [9.17, 15) is 9.59 Å². The molecule has 1 N–H and O–H groups in total. The van der Waals surface area contributed by atoms with Gasteiger partial charge >= 0.3 is 0 Å². The molecule has 0 radical (unpaired) electrons. The van der Waals surface area contributed by atoms with Crippen LogP contribution in [0.3, 0.4) is 0 Å². The molecule has 0 spiro atoms. The van der Waals surface area contributed by atoms with Crippen LogP contribution in [0.4, 0.5) is 0 Å². The summed E-state index contributed by atoms with van der Waals surface area (Å²) in [6.45, 7) is 2.71. The van der Waals surface area contributed by atoms with E-state index in [1.165, 1.54) is 4.90 Å². The zero-order valence-corrected chi connectivity index (χ0v) is 12.0. The number of ether oxygens (including phenoxy) is 1. The Hall–Kier alpha value is -1.72. The molecule has 0 aliphatic carbocycles. The Balaban J connectivity index is 1.58. The van der Waals surface area contributed by atoms with Gasteiger partial charge in [-0.1, -0.05) is 18.2 Å². The van der Waals surface area contributed by atoms with Crippen molar-refractivity contribution in [2.75, 3.05) is 26.2 Å². The van der Waals surface area contributed by atoms with Gasteiger partial charge in [0.05, 0.1) is 25.7 Å². The number of nitrogens with zero attached hydrogens (tertiary/aromatic N) is 1. The summed E-state index contributed by atoms with van der Waals surface area (Å²) in [4.78, 5) is 25.8. The first-order chi connectivity index (χ1) is 10.3. The second-order valence-corrected chi connectivity index (χ2v) is 5.50. The topological polar surface area (TPSA) is 58.6 Å². The van der Waals surface area contributed by atoms with Crippen LogP contribution in [0.15, 0.2) is 24.3 Å². The molecule has 5 heteroatoms. The lowest BCUT2D eigenvalue weighted by atomic mass is 9.99. The summed E-state index contributed by atoms with van der Waals surface area (Å²) in [5.74, 6) is -0.330. The van der Waals surface area contributed by atoms with Gasteiger partial charge < -0.3 is 10.1 Å². The van der Waals surface area contributed by atoms with Gasteiger partial charge in [-0.2, -0.15) is 0 Å². The van der Waals surface area contributed by atoms with Crippen molar-refractivity contribution < 1.29 is 14.3 Å². The fraction of sp³-hybridized carbons (Fsp3) is 0.500. The molecule has 0 aromatic heterocycles. The first kappa shape index (κ1) is 14.2. The molecule has 0 unspecified atom stereocenters. The highest BCUT2D eigenvalue weighted by atomic mass is 16.5. The first-order valence-corrected chi connectivity index (χ1v) is 7.50. The Kier molecular flexibility index (Phi) is 4.31. The van der Waals surface area contributed by atoms with Crippen LogP contribution in [0.1, 0.15) is 28.8 Å². The van der Waals surface area contributed by atoms with E-state index in [-0.39, 0.29) is 17.9 Å². The van der Waals surface area contributed by atoms with E-state index < -0.39 is 0 Å². The molecule has 1 saturated heterocycles. The molecule has 0 bridgehead atoms. The van der Waals surface area contributed by atoms with Crippen molar-refractivity contribution in [1.82, 2.24) is 10.2 Å². The number of imide groups is 1. The number of hydrogen-bond acceptors (Lipinski definition) is 4. The molecule has 1 fully saturated rings. The van der Waals surface area contributed by atoms with Gasteiger partial charge in [-0.3, -0.25) is 14.5 Å². The molecular formula is C16H20N2O3. The molecule has 2 aliphatic heterocycles.